The van der Waals surface area contributed by atoms with Crippen LogP contribution in [0.2, 0.25) is 0 Å². The summed E-state index contributed by atoms with van der Waals surface area (Å²) >= 11 is 0. The number of rotatable bonds is 2. The number of pyridine rings is 1. The Bertz CT molecular complexity index is 354. The van der Waals surface area contributed by atoms with E-state index in [1.165, 1.54) is 0 Å². The first-order valence-electron chi connectivity index (χ1n) is 5.27. The summed E-state index contributed by atoms with van der Waals surface area (Å²) in [5, 5.41) is 3.39. The zero-order valence-electron chi connectivity index (χ0n) is 9.16. The Morgan fingerprint density at radius 3 is 3.00 bits per heavy atom. The summed E-state index contributed by atoms with van der Waals surface area (Å²) in [5.74, 6) is 0.909. The van der Waals surface area contributed by atoms with Crippen LogP contribution in [0.25, 0.3) is 0 Å². The van der Waals surface area contributed by atoms with Gasteiger partial charge in [-0.2, -0.15) is 0 Å². The van der Waals surface area contributed by atoms with E-state index in [1.54, 1.807) is 6.20 Å². The highest BCUT2D eigenvalue weighted by Gasteiger charge is 2.24. The second-order valence-electron chi connectivity index (χ2n) is 4.05. The van der Waals surface area contributed by atoms with Crippen molar-refractivity contribution in [2.75, 3.05) is 17.7 Å². The molecule has 1 aliphatic heterocycles. The number of aromatic nitrogens is 1. The number of nitrogens with two attached hydrogens (primary N) is 1. The molecule has 4 nitrogen and oxygen atoms in total. The van der Waals surface area contributed by atoms with E-state index in [4.69, 9.17) is 10.5 Å². The summed E-state index contributed by atoms with van der Waals surface area (Å²) in [6, 6.07) is 2.29. The standard InChI is InChI=1S/C11H17N3O/c1-7-5-9(12)6-13-11(7)14-10-3-4-15-8(10)2/h5-6,8,10H,3-4,12H2,1-2H3,(H,13,14). The smallest absolute Gasteiger partial charge is 0.129 e. The molecule has 2 unspecified atom stereocenters. The second kappa shape index (κ2) is 4.06. The summed E-state index contributed by atoms with van der Waals surface area (Å²) in [6.45, 7) is 4.91. The van der Waals surface area contributed by atoms with E-state index in [0.29, 0.717) is 11.7 Å². The Morgan fingerprint density at radius 1 is 1.60 bits per heavy atom. The molecule has 0 amide bonds. The Balaban J connectivity index is 2.10. The van der Waals surface area contributed by atoms with Crippen LogP contribution < -0.4 is 11.1 Å². The molecular formula is C11H17N3O. The topological polar surface area (TPSA) is 60.2 Å². The molecule has 1 aromatic heterocycles. The van der Waals surface area contributed by atoms with Gasteiger partial charge in [-0.1, -0.05) is 0 Å². The minimum absolute atomic E-state index is 0.253. The van der Waals surface area contributed by atoms with Gasteiger partial charge in [0.2, 0.25) is 0 Å². The largest absolute Gasteiger partial charge is 0.397 e. The van der Waals surface area contributed by atoms with Gasteiger partial charge in [-0.25, -0.2) is 4.98 Å². The monoisotopic (exact) mass is 207 g/mol. The van der Waals surface area contributed by atoms with Crippen molar-refractivity contribution in [3.8, 4) is 0 Å². The highest BCUT2D eigenvalue weighted by atomic mass is 16.5. The molecule has 2 rings (SSSR count). The molecule has 2 heterocycles. The van der Waals surface area contributed by atoms with Crippen molar-refractivity contribution in [2.24, 2.45) is 0 Å². The maximum absolute atomic E-state index is 5.65. The Morgan fingerprint density at radius 2 is 2.40 bits per heavy atom. The highest BCUT2D eigenvalue weighted by Crippen LogP contribution is 2.20. The zero-order valence-corrected chi connectivity index (χ0v) is 9.16. The van der Waals surface area contributed by atoms with Crippen LogP contribution in [-0.2, 0) is 4.74 Å². The summed E-state index contributed by atoms with van der Waals surface area (Å²) < 4.78 is 5.49. The third-order valence-electron chi connectivity index (χ3n) is 2.80. The molecule has 3 N–H and O–H groups in total. The molecule has 0 radical (unpaired) electrons. The third kappa shape index (κ3) is 2.21. The maximum atomic E-state index is 5.65. The molecule has 0 aliphatic carbocycles. The molecule has 4 heteroatoms. The minimum atomic E-state index is 0.253. The van der Waals surface area contributed by atoms with Gasteiger partial charge in [-0.05, 0) is 31.9 Å². The number of nitrogen functional groups attached to an aromatic ring is 1. The molecule has 0 saturated carbocycles. The number of anilines is 2. The molecule has 1 aliphatic rings. The number of nitrogens with zero attached hydrogens (tertiary/aromatic N) is 1. The van der Waals surface area contributed by atoms with Gasteiger partial charge in [0.15, 0.2) is 0 Å². The fourth-order valence-corrected chi connectivity index (χ4v) is 1.84. The van der Waals surface area contributed by atoms with Gasteiger partial charge in [-0.15, -0.1) is 0 Å². The summed E-state index contributed by atoms with van der Waals surface area (Å²) in [6.07, 6.45) is 2.96. The molecule has 0 bridgehead atoms. The van der Waals surface area contributed by atoms with Gasteiger partial charge in [0.25, 0.3) is 0 Å². The number of ether oxygens (including phenoxy) is 1. The second-order valence-corrected chi connectivity index (χ2v) is 4.05. The van der Waals surface area contributed by atoms with Crippen LogP contribution >= 0.6 is 0 Å². The quantitative estimate of drug-likeness (QED) is 0.772. The predicted molar refractivity (Wildman–Crippen MR) is 60.8 cm³/mol. The van der Waals surface area contributed by atoms with Crippen molar-refractivity contribution in [1.29, 1.82) is 0 Å². The van der Waals surface area contributed by atoms with Crippen LogP contribution in [-0.4, -0.2) is 23.7 Å². The van der Waals surface area contributed by atoms with Crippen LogP contribution in [0.4, 0.5) is 11.5 Å². The van der Waals surface area contributed by atoms with Gasteiger partial charge in [0.1, 0.15) is 5.82 Å². The third-order valence-corrected chi connectivity index (χ3v) is 2.80. The first-order chi connectivity index (χ1) is 7.16. The molecule has 0 spiro atoms. The molecule has 15 heavy (non-hydrogen) atoms. The van der Waals surface area contributed by atoms with E-state index >= 15 is 0 Å². The van der Waals surface area contributed by atoms with Crippen LogP contribution in [0.15, 0.2) is 12.3 Å². The van der Waals surface area contributed by atoms with Crippen molar-refractivity contribution in [3.05, 3.63) is 17.8 Å². The van der Waals surface area contributed by atoms with Crippen molar-refractivity contribution in [2.45, 2.75) is 32.4 Å². The Kier molecular flexibility index (Phi) is 2.77. The molecular weight excluding hydrogens is 190 g/mol. The van der Waals surface area contributed by atoms with E-state index in [1.807, 2.05) is 13.0 Å². The summed E-state index contributed by atoms with van der Waals surface area (Å²) in [7, 11) is 0. The first-order valence-corrected chi connectivity index (χ1v) is 5.27. The Labute approximate surface area is 89.8 Å². The van der Waals surface area contributed by atoms with Crippen molar-refractivity contribution < 1.29 is 4.74 Å². The lowest BCUT2D eigenvalue weighted by Crippen LogP contribution is -2.27. The van der Waals surface area contributed by atoms with Crippen molar-refractivity contribution >= 4 is 11.5 Å². The molecule has 0 aromatic carbocycles. The van der Waals surface area contributed by atoms with E-state index in [0.717, 1.165) is 24.4 Å². The first kappa shape index (κ1) is 10.2. The SMILES string of the molecule is Cc1cc(N)cnc1NC1CCOC1C. The molecule has 1 saturated heterocycles. The summed E-state index contributed by atoms with van der Waals surface area (Å²) in [5.41, 5.74) is 7.43. The van der Waals surface area contributed by atoms with Crippen LogP contribution in [0.3, 0.4) is 0 Å². The number of hydrogen-bond donors (Lipinski definition) is 2. The van der Waals surface area contributed by atoms with Gasteiger partial charge in [0, 0.05) is 6.61 Å². The lowest BCUT2D eigenvalue weighted by atomic mass is 10.1. The lowest BCUT2D eigenvalue weighted by molar-refractivity contribution is 0.121. The molecule has 82 valence electrons. The fraction of sp³-hybridized carbons (Fsp3) is 0.545. The average molecular weight is 207 g/mol. The molecule has 2 atom stereocenters. The molecule has 1 fully saturated rings. The Hall–Kier alpha value is -1.29. The van der Waals surface area contributed by atoms with Crippen LogP contribution in [0.5, 0.6) is 0 Å². The van der Waals surface area contributed by atoms with E-state index < -0.39 is 0 Å². The number of hydrogen-bond acceptors (Lipinski definition) is 4. The van der Waals surface area contributed by atoms with Gasteiger partial charge >= 0.3 is 0 Å². The molecule has 1 aromatic rings. The fourth-order valence-electron chi connectivity index (χ4n) is 1.84. The van der Waals surface area contributed by atoms with Crippen molar-refractivity contribution in [1.82, 2.24) is 4.98 Å². The lowest BCUT2D eigenvalue weighted by Gasteiger charge is -2.18. The van der Waals surface area contributed by atoms with E-state index in [-0.39, 0.29) is 6.10 Å². The minimum Gasteiger partial charge on any atom is -0.397 e. The van der Waals surface area contributed by atoms with Gasteiger partial charge in [0.05, 0.1) is 24.0 Å². The van der Waals surface area contributed by atoms with Crippen molar-refractivity contribution in [3.63, 3.8) is 0 Å². The normalized spacial score (nSPS) is 25.5. The van der Waals surface area contributed by atoms with Gasteiger partial charge < -0.3 is 15.8 Å². The van der Waals surface area contributed by atoms with E-state index in [2.05, 4.69) is 17.2 Å². The van der Waals surface area contributed by atoms with Crippen LogP contribution in [0.1, 0.15) is 18.9 Å². The number of nitrogens with one attached hydrogen (secondary N) is 1. The van der Waals surface area contributed by atoms with Gasteiger partial charge in [-0.3, -0.25) is 0 Å². The maximum Gasteiger partial charge on any atom is 0.129 e. The predicted octanol–water partition coefficient (Wildman–Crippen LogP) is 1.56. The number of aryl methyl sites for hydroxylation is 1. The summed E-state index contributed by atoms with van der Waals surface area (Å²) in [4.78, 5) is 4.28. The van der Waals surface area contributed by atoms with E-state index in [9.17, 15) is 0 Å². The highest BCUT2D eigenvalue weighted by molar-refractivity contribution is 5.51. The van der Waals surface area contributed by atoms with Crippen LogP contribution in [0, 0.1) is 6.92 Å². The zero-order chi connectivity index (χ0) is 10.8. The average Bonchev–Trinajstić information content (AvgIpc) is 2.57.